The first-order valence-electron chi connectivity index (χ1n) is 5.40. The number of aliphatic hydroxyl groups excluding tert-OH is 1. The van der Waals surface area contributed by atoms with E-state index < -0.39 is 12.1 Å². The minimum Gasteiger partial charge on any atom is -0.497 e. The normalized spacial score (nSPS) is 11.7. The van der Waals surface area contributed by atoms with Gasteiger partial charge < -0.3 is 19.9 Å². The van der Waals surface area contributed by atoms with Gasteiger partial charge in [0.25, 0.3) is 0 Å². The number of aliphatic hydroxyl groups is 1. The quantitative estimate of drug-likeness (QED) is 0.726. The number of anilines is 1. The number of carbonyl (C=O) groups excluding carboxylic acids is 1. The molecule has 5 heteroatoms. The zero-order valence-corrected chi connectivity index (χ0v) is 9.97. The fourth-order valence-corrected chi connectivity index (χ4v) is 1.25. The summed E-state index contributed by atoms with van der Waals surface area (Å²) in [7, 11) is 1.59. The van der Waals surface area contributed by atoms with Crippen molar-refractivity contribution >= 4 is 11.7 Å². The molecule has 0 radical (unpaired) electrons. The van der Waals surface area contributed by atoms with Crippen LogP contribution < -0.4 is 10.1 Å². The lowest BCUT2D eigenvalue weighted by Gasteiger charge is -2.11. The van der Waals surface area contributed by atoms with Crippen LogP contribution in [0.15, 0.2) is 24.3 Å². The molecule has 5 nitrogen and oxygen atoms in total. The summed E-state index contributed by atoms with van der Waals surface area (Å²) in [5.74, 6) is 0.134. The Hall–Kier alpha value is -1.75. The van der Waals surface area contributed by atoms with Crippen LogP contribution in [0.2, 0.25) is 0 Å². The summed E-state index contributed by atoms with van der Waals surface area (Å²) >= 11 is 0. The van der Waals surface area contributed by atoms with Crippen LogP contribution >= 0.6 is 0 Å². The summed E-state index contributed by atoms with van der Waals surface area (Å²) in [6, 6.07) is 7.19. The van der Waals surface area contributed by atoms with Crippen molar-refractivity contribution in [3.8, 4) is 5.75 Å². The number of hydrogen-bond donors (Lipinski definition) is 2. The highest BCUT2D eigenvalue weighted by Gasteiger charge is 2.15. The molecule has 1 aromatic rings. The monoisotopic (exact) mass is 239 g/mol. The summed E-state index contributed by atoms with van der Waals surface area (Å²) in [5, 5.41) is 12.4. The molecule has 1 rings (SSSR count). The Labute approximate surface area is 100 Å². The topological polar surface area (TPSA) is 67.8 Å². The largest absolute Gasteiger partial charge is 0.497 e. The van der Waals surface area contributed by atoms with Crippen LogP contribution in [0, 0.1) is 0 Å². The maximum Gasteiger partial charge on any atom is 0.336 e. The van der Waals surface area contributed by atoms with Gasteiger partial charge in [0.05, 0.1) is 20.3 Å². The zero-order valence-electron chi connectivity index (χ0n) is 9.97. The van der Waals surface area contributed by atoms with Gasteiger partial charge in [0.2, 0.25) is 0 Å². The van der Waals surface area contributed by atoms with E-state index in [1.54, 1.807) is 38.3 Å². The molecular weight excluding hydrogens is 222 g/mol. The van der Waals surface area contributed by atoms with Crippen LogP contribution in [0.4, 0.5) is 5.69 Å². The molecule has 0 fully saturated rings. The molecule has 0 heterocycles. The molecule has 0 saturated heterocycles. The second-order valence-electron chi connectivity index (χ2n) is 3.38. The number of hydrogen-bond acceptors (Lipinski definition) is 5. The molecule has 94 valence electrons. The van der Waals surface area contributed by atoms with Crippen molar-refractivity contribution < 1.29 is 19.4 Å². The molecule has 0 spiro atoms. The minimum atomic E-state index is -1.16. The standard InChI is InChI=1S/C12H17NO4/c1-3-17-12(15)11(14)8-13-9-4-6-10(16-2)7-5-9/h4-7,11,13-14H,3,8H2,1-2H3. The van der Waals surface area contributed by atoms with Crippen LogP contribution in [0.1, 0.15) is 6.92 Å². The molecular formula is C12H17NO4. The Morgan fingerprint density at radius 3 is 2.59 bits per heavy atom. The summed E-state index contributed by atoms with van der Waals surface area (Å²) < 4.78 is 9.69. The van der Waals surface area contributed by atoms with E-state index in [-0.39, 0.29) is 13.2 Å². The van der Waals surface area contributed by atoms with Crippen molar-refractivity contribution in [1.29, 1.82) is 0 Å². The Kier molecular flexibility index (Phi) is 5.29. The second-order valence-corrected chi connectivity index (χ2v) is 3.38. The van der Waals surface area contributed by atoms with E-state index in [1.807, 2.05) is 0 Å². The van der Waals surface area contributed by atoms with Gasteiger partial charge in [-0.05, 0) is 31.2 Å². The Morgan fingerprint density at radius 1 is 1.41 bits per heavy atom. The van der Waals surface area contributed by atoms with Gasteiger partial charge in [-0.1, -0.05) is 0 Å². The van der Waals surface area contributed by atoms with Crippen molar-refractivity contribution in [3.05, 3.63) is 24.3 Å². The van der Waals surface area contributed by atoms with Crippen LogP contribution in [0.25, 0.3) is 0 Å². The molecule has 0 aliphatic rings. The summed E-state index contributed by atoms with van der Waals surface area (Å²) in [5.41, 5.74) is 0.800. The molecule has 0 saturated carbocycles. The first-order chi connectivity index (χ1) is 8.17. The highest BCUT2D eigenvalue weighted by Crippen LogP contribution is 2.14. The molecule has 17 heavy (non-hydrogen) atoms. The summed E-state index contributed by atoms with van der Waals surface area (Å²) in [4.78, 5) is 11.1. The third-order valence-corrected chi connectivity index (χ3v) is 2.15. The lowest BCUT2D eigenvalue weighted by molar-refractivity contribution is -0.152. The van der Waals surface area contributed by atoms with E-state index in [0.717, 1.165) is 11.4 Å². The van der Waals surface area contributed by atoms with E-state index in [0.29, 0.717) is 0 Å². The molecule has 1 aromatic carbocycles. The Balaban J connectivity index is 2.41. The van der Waals surface area contributed by atoms with Crippen molar-refractivity contribution in [1.82, 2.24) is 0 Å². The van der Waals surface area contributed by atoms with E-state index >= 15 is 0 Å². The molecule has 1 unspecified atom stereocenters. The average molecular weight is 239 g/mol. The van der Waals surface area contributed by atoms with E-state index in [2.05, 4.69) is 10.1 Å². The van der Waals surface area contributed by atoms with Crippen molar-refractivity contribution in [2.24, 2.45) is 0 Å². The summed E-state index contributed by atoms with van der Waals surface area (Å²) in [6.07, 6.45) is -1.16. The zero-order chi connectivity index (χ0) is 12.7. The van der Waals surface area contributed by atoms with Crippen molar-refractivity contribution in [2.45, 2.75) is 13.0 Å². The van der Waals surface area contributed by atoms with Crippen LogP contribution in [0.5, 0.6) is 5.75 Å². The van der Waals surface area contributed by atoms with Gasteiger partial charge in [-0.3, -0.25) is 0 Å². The first kappa shape index (κ1) is 13.3. The van der Waals surface area contributed by atoms with Gasteiger partial charge in [0.1, 0.15) is 5.75 Å². The number of esters is 1. The third kappa shape index (κ3) is 4.32. The number of carbonyl (C=O) groups is 1. The minimum absolute atomic E-state index is 0.116. The number of methoxy groups -OCH3 is 1. The van der Waals surface area contributed by atoms with E-state index in [1.165, 1.54) is 0 Å². The lowest BCUT2D eigenvalue weighted by Crippen LogP contribution is -2.30. The van der Waals surface area contributed by atoms with E-state index in [4.69, 9.17) is 4.74 Å². The van der Waals surface area contributed by atoms with Crippen molar-refractivity contribution in [2.75, 3.05) is 25.6 Å². The summed E-state index contributed by atoms with van der Waals surface area (Å²) in [6.45, 7) is 2.07. The number of benzene rings is 1. The molecule has 0 aromatic heterocycles. The lowest BCUT2D eigenvalue weighted by atomic mass is 10.3. The van der Waals surface area contributed by atoms with Gasteiger partial charge in [-0.15, -0.1) is 0 Å². The first-order valence-corrected chi connectivity index (χ1v) is 5.40. The highest BCUT2D eigenvalue weighted by molar-refractivity contribution is 5.75. The SMILES string of the molecule is CCOC(=O)C(O)CNc1ccc(OC)cc1. The highest BCUT2D eigenvalue weighted by atomic mass is 16.5. The predicted octanol–water partition coefficient (Wildman–Crippen LogP) is 1.03. The maximum absolute atomic E-state index is 11.1. The van der Waals surface area contributed by atoms with E-state index in [9.17, 15) is 9.90 Å². The average Bonchev–Trinajstić information content (AvgIpc) is 2.36. The van der Waals surface area contributed by atoms with Gasteiger partial charge in [-0.2, -0.15) is 0 Å². The van der Waals surface area contributed by atoms with Crippen LogP contribution in [-0.4, -0.2) is 37.4 Å². The Bertz CT molecular complexity index is 350. The predicted molar refractivity (Wildman–Crippen MR) is 64.1 cm³/mol. The Morgan fingerprint density at radius 2 is 2.06 bits per heavy atom. The maximum atomic E-state index is 11.1. The molecule has 0 aliphatic heterocycles. The molecule has 0 amide bonds. The van der Waals surface area contributed by atoms with Crippen LogP contribution in [-0.2, 0) is 9.53 Å². The molecule has 2 N–H and O–H groups in total. The van der Waals surface area contributed by atoms with Gasteiger partial charge >= 0.3 is 5.97 Å². The number of ether oxygens (including phenoxy) is 2. The fourth-order valence-electron chi connectivity index (χ4n) is 1.25. The number of rotatable bonds is 6. The van der Waals surface area contributed by atoms with Gasteiger partial charge in [-0.25, -0.2) is 4.79 Å². The smallest absolute Gasteiger partial charge is 0.336 e. The second kappa shape index (κ2) is 6.75. The molecule has 0 bridgehead atoms. The van der Waals surface area contributed by atoms with Crippen LogP contribution in [0.3, 0.4) is 0 Å². The molecule has 0 aliphatic carbocycles. The van der Waals surface area contributed by atoms with Crippen molar-refractivity contribution in [3.63, 3.8) is 0 Å². The third-order valence-electron chi connectivity index (χ3n) is 2.15. The number of nitrogens with one attached hydrogen (secondary N) is 1. The molecule has 1 atom stereocenters. The van der Waals surface area contributed by atoms with Gasteiger partial charge in [0.15, 0.2) is 6.10 Å². The van der Waals surface area contributed by atoms with Gasteiger partial charge in [0, 0.05) is 5.69 Å². The fraction of sp³-hybridized carbons (Fsp3) is 0.417.